The Hall–Kier alpha value is -1.73. The maximum atomic E-state index is 12.9. The van der Waals surface area contributed by atoms with Crippen LogP contribution in [-0.2, 0) is 13.1 Å². The molecule has 1 aliphatic heterocycles. The van der Waals surface area contributed by atoms with Crippen LogP contribution in [0.5, 0.6) is 0 Å². The molecule has 7 heteroatoms. The van der Waals surface area contributed by atoms with Gasteiger partial charge in [-0.15, -0.1) is 5.10 Å². The van der Waals surface area contributed by atoms with E-state index in [2.05, 4.69) is 32.5 Å². The summed E-state index contributed by atoms with van der Waals surface area (Å²) in [4.78, 5) is 14.8. The number of thiophene rings is 1. The van der Waals surface area contributed by atoms with Gasteiger partial charge in [0, 0.05) is 25.2 Å². The molecule has 2 aromatic rings. The molecule has 25 heavy (non-hydrogen) atoms. The van der Waals surface area contributed by atoms with Crippen LogP contribution in [0.25, 0.3) is 0 Å². The molecule has 3 heterocycles. The van der Waals surface area contributed by atoms with Gasteiger partial charge in [-0.25, -0.2) is 0 Å². The van der Waals surface area contributed by atoms with Crippen LogP contribution in [0.4, 0.5) is 0 Å². The zero-order valence-electron chi connectivity index (χ0n) is 14.4. The van der Waals surface area contributed by atoms with Crippen molar-refractivity contribution in [1.29, 1.82) is 0 Å². The van der Waals surface area contributed by atoms with Gasteiger partial charge in [0.1, 0.15) is 0 Å². The molecule has 2 aromatic heterocycles. The van der Waals surface area contributed by atoms with E-state index in [1.54, 1.807) is 11.3 Å². The van der Waals surface area contributed by atoms with E-state index >= 15 is 0 Å². The number of piperidine rings is 1. The van der Waals surface area contributed by atoms with Crippen molar-refractivity contribution in [2.24, 2.45) is 0 Å². The van der Waals surface area contributed by atoms with Crippen LogP contribution in [-0.4, -0.2) is 44.4 Å². The lowest BCUT2D eigenvalue weighted by Gasteiger charge is -2.23. The molecule has 1 amide bonds. The largest absolute Gasteiger partial charge is 0.330 e. The van der Waals surface area contributed by atoms with Gasteiger partial charge in [-0.3, -0.25) is 9.48 Å². The Labute approximate surface area is 152 Å². The number of nitrogens with one attached hydrogen (secondary N) is 1. The van der Waals surface area contributed by atoms with E-state index < -0.39 is 0 Å². The third-order valence-corrected chi connectivity index (χ3v) is 5.79. The highest BCUT2D eigenvalue weighted by molar-refractivity contribution is 7.07. The van der Waals surface area contributed by atoms with E-state index in [1.165, 1.54) is 24.8 Å². The van der Waals surface area contributed by atoms with E-state index in [0.717, 1.165) is 32.4 Å². The molecule has 6 nitrogen and oxygen atoms in total. The first-order valence-corrected chi connectivity index (χ1v) is 10.2. The Balaban J connectivity index is 1.37. The third kappa shape index (κ3) is 4.27. The fourth-order valence-electron chi connectivity index (χ4n) is 3.44. The Morgan fingerprint density at radius 2 is 2.28 bits per heavy atom. The summed E-state index contributed by atoms with van der Waals surface area (Å²) >= 11 is 1.67. The second-order valence-corrected chi connectivity index (χ2v) is 7.88. The highest BCUT2D eigenvalue weighted by atomic mass is 32.1. The van der Waals surface area contributed by atoms with E-state index in [1.807, 2.05) is 15.8 Å². The van der Waals surface area contributed by atoms with Crippen molar-refractivity contribution in [3.63, 3.8) is 0 Å². The number of carbonyl (C=O) groups is 1. The van der Waals surface area contributed by atoms with Gasteiger partial charge >= 0.3 is 0 Å². The molecule has 1 saturated carbocycles. The molecule has 1 unspecified atom stereocenters. The number of aryl methyl sites for hydroxylation is 1. The lowest BCUT2D eigenvalue weighted by Crippen LogP contribution is -2.34. The molecule has 4 rings (SSSR count). The Kier molecular flexibility index (Phi) is 5.12. The second-order valence-electron chi connectivity index (χ2n) is 7.10. The lowest BCUT2D eigenvalue weighted by atomic mass is 10.0. The van der Waals surface area contributed by atoms with Gasteiger partial charge in [-0.05, 0) is 61.0 Å². The van der Waals surface area contributed by atoms with Gasteiger partial charge in [0.2, 0.25) is 0 Å². The first-order chi connectivity index (χ1) is 12.3. The molecule has 0 spiro atoms. The Bertz CT molecular complexity index is 688. The van der Waals surface area contributed by atoms with E-state index in [9.17, 15) is 4.79 Å². The van der Waals surface area contributed by atoms with Gasteiger partial charge in [0.15, 0.2) is 5.69 Å². The van der Waals surface area contributed by atoms with Crippen LogP contribution in [0.15, 0.2) is 23.0 Å². The van der Waals surface area contributed by atoms with Crippen molar-refractivity contribution < 1.29 is 4.79 Å². The highest BCUT2D eigenvalue weighted by Gasteiger charge is 2.34. The zero-order valence-corrected chi connectivity index (χ0v) is 15.2. The number of hydrogen-bond donors (Lipinski definition) is 1. The summed E-state index contributed by atoms with van der Waals surface area (Å²) in [5.41, 5.74) is 1.67. The quantitative estimate of drug-likeness (QED) is 0.826. The van der Waals surface area contributed by atoms with E-state index in [-0.39, 0.29) is 5.91 Å². The molecular weight excluding hydrogens is 334 g/mol. The molecular formula is C18H25N5OS. The second kappa shape index (κ2) is 7.66. The molecule has 1 saturated heterocycles. The summed E-state index contributed by atoms with van der Waals surface area (Å²) in [7, 11) is 0. The summed E-state index contributed by atoms with van der Waals surface area (Å²) in [6.45, 7) is 2.60. The van der Waals surface area contributed by atoms with Gasteiger partial charge in [0.25, 0.3) is 5.91 Å². The zero-order chi connectivity index (χ0) is 17.1. The number of rotatable bonds is 7. The molecule has 134 valence electrons. The SMILES string of the molecule is O=C(c1cn(CCC2CCCCN2)nn1)N(Cc1ccsc1)C1CC1. The number of aromatic nitrogens is 3. The predicted octanol–water partition coefficient (Wildman–Crippen LogP) is 2.68. The molecule has 1 N–H and O–H groups in total. The lowest BCUT2D eigenvalue weighted by molar-refractivity contribution is 0.0724. The molecule has 2 aliphatic rings. The smallest absolute Gasteiger partial charge is 0.276 e. The standard InChI is InChI=1S/C18H25N5OS/c24-18(23(16-4-5-16)11-14-7-10-25-13-14)17-12-22(21-20-17)9-6-15-3-1-2-8-19-15/h7,10,12-13,15-16,19H,1-6,8-9,11H2. The van der Waals surface area contributed by atoms with Crippen molar-refractivity contribution in [2.45, 2.75) is 63.7 Å². The summed E-state index contributed by atoms with van der Waals surface area (Å²) in [5.74, 6) is 0.00995. The molecule has 0 radical (unpaired) electrons. The fourth-order valence-corrected chi connectivity index (χ4v) is 4.10. The van der Waals surface area contributed by atoms with Crippen molar-refractivity contribution in [2.75, 3.05) is 6.54 Å². The van der Waals surface area contributed by atoms with Crippen LogP contribution in [0, 0.1) is 0 Å². The van der Waals surface area contributed by atoms with Gasteiger partial charge in [-0.1, -0.05) is 11.6 Å². The average molecular weight is 359 g/mol. The average Bonchev–Trinajstić information content (AvgIpc) is 3.16. The van der Waals surface area contributed by atoms with Gasteiger partial charge < -0.3 is 10.2 Å². The maximum absolute atomic E-state index is 12.9. The Morgan fingerprint density at radius 1 is 1.36 bits per heavy atom. The number of amides is 1. The van der Waals surface area contributed by atoms with Crippen LogP contribution in [0.2, 0.25) is 0 Å². The minimum absolute atomic E-state index is 0.00995. The van der Waals surface area contributed by atoms with Crippen molar-refractivity contribution in [1.82, 2.24) is 25.2 Å². The number of carbonyl (C=O) groups excluding carboxylic acids is 1. The summed E-state index contributed by atoms with van der Waals surface area (Å²) in [5, 5.41) is 16.0. The van der Waals surface area contributed by atoms with E-state index in [4.69, 9.17) is 0 Å². The van der Waals surface area contributed by atoms with E-state index in [0.29, 0.717) is 24.3 Å². The normalized spacial score (nSPS) is 20.6. The maximum Gasteiger partial charge on any atom is 0.276 e. The van der Waals surface area contributed by atoms with Crippen LogP contribution in [0.1, 0.15) is 54.6 Å². The molecule has 0 bridgehead atoms. The third-order valence-electron chi connectivity index (χ3n) is 5.06. The van der Waals surface area contributed by atoms with Crippen LogP contribution >= 0.6 is 11.3 Å². The summed E-state index contributed by atoms with van der Waals surface area (Å²) in [6, 6.07) is 3.02. The first kappa shape index (κ1) is 16.7. The molecule has 0 aromatic carbocycles. The van der Waals surface area contributed by atoms with Gasteiger partial charge in [-0.2, -0.15) is 11.3 Å². The minimum Gasteiger partial charge on any atom is -0.330 e. The van der Waals surface area contributed by atoms with Crippen LogP contribution in [0.3, 0.4) is 0 Å². The molecule has 1 atom stereocenters. The van der Waals surface area contributed by atoms with Crippen molar-refractivity contribution >= 4 is 17.2 Å². The Morgan fingerprint density at radius 3 is 3.00 bits per heavy atom. The van der Waals surface area contributed by atoms with Crippen molar-refractivity contribution in [3.8, 4) is 0 Å². The highest BCUT2D eigenvalue weighted by Crippen LogP contribution is 2.30. The minimum atomic E-state index is 0.00995. The fraction of sp³-hybridized carbons (Fsp3) is 0.611. The monoisotopic (exact) mass is 359 g/mol. The van der Waals surface area contributed by atoms with Gasteiger partial charge in [0.05, 0.1) is 6.20 Å². The molecule has 2 fully saturated rings. The topological polar surface area (TPSA) is 63.1 Å². The summed E-state index contributed by atoms with van der Waals surface area (Å²) in [6.07, 6.45) is 8.86. The number of nitrogens with zero attached hydrogens (tertiary/aromatic N) is 4. The predicted molar refractivity (Wildman–Crippen MR) is 97.5 cm³/mol. The van der Waals surface area contributed by atoms with Crippen LogP contribution < -0.4 is 5.32 Å². The summed E-state index contributed by atoms with van der Waals surface area (Å²) < 4.78 is 1.82. The van der Waals surface area contributed by atoms with Crippen molar-refractivity contribution in [3.05, 3.63) is 34.3 Å². The number of hydrogen-bond acceptors (Lipinski definition) is 5. The first-order valence-electron chi connectivity index (χ1n) is 9.25. The molecule has 1 aliphatic carbocycles.